The fourth-order valence-corrected chi connectivity index (χ4v) is 3.07. The van der Waals surface area contributed by atoms with E-state index in [2.05, 4.69) is 44.4 Å². The van der Waals surface area contributed by atoms with Crippen LogP contribution in [0.1, 0.15) is 42.4 Å². The minimum absolute atomic E-state index is 0.749. The van der Waals surface area contributed by atoms with E-state index in [1.165, 1.54) is 43.2 Å². The van der Waals surface area contributed by atoms with E-state index in [-0.39, 0.29) is 0 Å². The zero-order chi connectivity index (χ0) is 12.3. The monoisotopic (exact) mass is 231 g/mol. The van der Waals surface area contributed by atoms with Crippen LogP contribution in [0.4, 0.5) is 0 Å². The number of aryl methyl sites for hydroxylation is 2. The van der Waals surface area contributed by atoms with E-state index in [9.17, 15) is 0 Å². The van der Waals surface area contributed by atoms with Crippen LogP contribution in [-0.4, -0.2) is 13.1 Å². The molecule has 0 heterocycles. The molecule has 1 aliphatic rings. The highest BCUT2D eigenvalue weighted by molar-refractivity contribution is 5.30. The lowest BCUT2D eigenvalue weighted by atomic mass is 9.81. The van der Waals surface area contributed by atoms with E-state index in [0.29, 0.717) is 0 Å². The van der Waals surface area contributed by atoms with Crippen molar-refractivity contribution >= 4 is 0 Å². The molecule has 0 saturated heterocycles. The van der Waals surface area contributed by atoms with Crippen molar-refractivity contribution in [3.8, 4) is 0 Å². The molecule has 17 heavy (non-hydrogen) atoms. The first kappa shape index (κ1) is 12.6. The lowest BCUT2D eigenvalue weighted by Gasteiger charge is -2.29. The summed E-state index contributed by atoms with van der Waals surface area (Å²) in [5, 5.41) is 3.45. The van der Waals surface area contributed by atoms with Crippen LogP contribution in [0.5, 0.6) is 0 Å². The van der Waals surface area contributed by atoms with Gasteiger partial charge in [0.1, 0.15) is 0 Å². The van der Waals surface area contributed by atoms with Gasteiger partial charge in [-0.15, -0.1) is 0 Å². The van der Waals surface area contributed by atoms with Gasteiger partial charge in [-0.25, -0.2) is 0 Å². The SMILES string of the molecule is CNC1CCCC(Cc2cc(C)ccc2C)C1. The van der Waals surface area contributed by atoms with E-state index in [0.717, 1.165) is 12.0 Å². The van der Waals surface area contributed by atoms with Crippen LogP contribution in [0.25, 0.3) is 0 Å². The average Bonchev–Trinajstić information content (AvgIpc) is 2.34. The third-order valence-electron chi connectivity index (χ3n) is 4.20. The van der Waals surface area contributed by atoms with Gasteiger partial charge in [-0.3, -0.25) is 0 Å². The summed E-state index contributed by atoms with van der Waals surface area (Å²) in [4.78, 5) is 0. The topological polar surface area (TPSA) is 12.0 Å². The maximum atomic E-state index is 3.45. The molecule has 1 N–H and O–H groups in total. The molecule has 2 unspecified atom stereocenters. The molecule has 1 aromatic rings. The van der Waals surface area contributed by atoms with Gasteiger partial charge < -0.3 is 5.32 Å². The zero-order valence-electron chi connectivity index (χ0n) is 11.4. The van der Waals surface area contributed by atoms with Crippen LogP contribution < -0.4 is 5.32 Å². The number of rotatable bonds is 3. The Balaban J connectivity index is 2.02. The summed E-state index contributed by atoms with van der Waals surface area (Å²) in [6.07, 6.45) is 6.78. The van der Waals surface area contributed by atoms with Gasteiger partial charge in [0.25, 0.3) is 0 Å². The Hall–Kier alpha value is -0.820. The van der Waals surface area contributed by atoms with Gasteiger partial charge >= 0.3 is 0 Å². The summed E-state index contributed by atoms with van der Waals surface area (Å²) in [6.45, 7) is 4.44. The molecule has 1 saturated carbocycles. The number of hydrogen-bond acceptors (Lipinski definition) is 1. The van der Waals surface area contributed by atoms with E-state index in [4.69, 9.17) is 0 Å². The van der Waals surface area contributed by atoms with E-state index in [1.807, 2.05) is 0 Å². The van der Waals surface area contributed by atoms with Crippen molar-refractivity contribution in [1.82, 2.24) is 5.32 Å². The maximum Gasteiger partial charge on any atom is 0.00668 e. The maximum absolute atomic E-state index is 3.45. The third kappa shape index (κ3) is 3.32. The predicted octanol–water partition coefficient (Wildman–Crippen LogP) is 3.62. The molecule has 1 heteroatoms. The van der Waals surface area contributed by atoms with E-state index < -0.39 is 0 Å². The van der Waals surface area contributed by atoms with Gasteiger partial charge in [0.05, 0.1) is 0 Å². The molecule has 0 spiro atoms. The van der Waals surface area contributed by atoms with Gasteiger partial charge in [-0.2, -0.15) is 0 Å². The minimum atomic E-state index is 0.749. The molecule has 1 aromatic carbocycles. The average molecular weight is 231 g/mol. The van der Waals surface area contributed by atoms with Crippen molar-refractivity contribution in [3.63, 3.8) is 0 Å². The predicted molar refractivity (Wildman–Crippen MR) is 74.4 cm³/mol. The molecule has 94 valence electrons. The molecule has 0 amide bonds. The van der Waals surface area contributed by atoms with Crippen LogP contribution in [0.3, 0.4) is 0 Å². The van der Waals surface area contributed by atoms with Crippen molar-refractivity contribution in [2.24, 2.45) is 5.92 Å². The Morgan fingerprint density at radius 3 is 2.82 bits per heavy atom. The van der Waals surface area contributed by atoms with Crippen LogP contribution in [0.15, 0.2) is 18.2 Å². The number of benzene rings is 1. The lowest BCUT2D eigenvalue weighted by Crippen LogP contribution is -2.32. The quantitative estimate of drug-likeness (QED) is 0.837. The molecule has 1 fully saturated rings. The third-order valence-corrected chi connectivity index (χ3v) is 4.20. The highest BCUT2D eigenvalue weighted by atomic mass is 14.9. The first-order chi connectivity index (χ1) is 8.19. The smallest absolute Gasteiger partial charge is 0.00668 e. The van der Waals surface area contributed by atoms with Crippen molar-refractivity contribution in [2.75, 3.05) is 7.05 Å². The summed E-state index contributed by atoms with van der Waals surface area (Å²) in [7, 11) is 2.10. The molecule has 0 radical (unpaired) electrons. The van der Waals surface area contributed by atoms with Crippen molar-refractivity contribution in [2.45, 2.75) is 52.0 Å². The molecule has 1 aliphatic carbocycles. The Morgan fingerprint density at radius 2 is 2.06 bits per heavy atom. The summed E-state index contributed by atoms with van der Waals surface area (Å²) < 4.78 is 0. The second-order valence-corrected chi connectivity index (χ2v) is 5.65. The van der Waals surface area contributed by atoms with Crippen LogP contribution in [0.2, 0.25) is 0 Å². The molecule has 2 atom stereocenters. The second kappa shape index (κ2) is 5.68. The first-order valence-electron chi connectivity index (χ1n) is 6.92. The lowest BCUT2D eigenvalue weighted by molar-refractivity contribution is 0.294. The van der Waals surface area contributed by atoms with Crippen molar-refractivity contribution < 1.29 is 0 Å². The van der Waals surface area contributed by atoms with Gasteiger partial charge in [0, 0.05) is 6.04 Å². The van der Waals surface area contributed by atoms with Crippen LogP contribution in [-0.2, 0) is 6.42 Å². The molecule has 2 rings (SSSR count). The molecular formula is C16H25N. The summed E-state index contributed by atoms with van der Waals surface area (Å²) in [5.41, 5.74) is 4.42. The first-order valence-corrected chi connectivity index (χ1v) is 6.92. The molecule has 0 bridgehead atoms. The molecule has 0 aliphatic heterocycles. The summed E-state index contributed by atoms with van der Waals surface area (Å²) in [6, 6.07) is 7.61. The highest BCUT2D eigenvalue weighted by Crippen LogP contribution is 2.28. The van der Waals surface area contributed by atoms with Gasteiger partial charge in [0.2, 0.25) is 0 Å². The fraction of sp³-hybridized carbons (Fsp3) is 0.625. The number of hydrogen-bond donors (Lipinski definition) is 1. The number of nitrogens with one attached hydrogen (secondary N) is 1. The van der Waals surface area contributed by atoms with Gasteiger partial charge in [-0.1, -0.05) is 36.6 Å². The van der Waals surface area contributed by atoms with Crippen molar-refractivity contribution in [1.29, 1.82) is 0 Å². The van der Waals surface area contributed by atoms with E-state index >= 15 is 0 Å². The zero-order valence-corrected chi connectivity index (χ0v) is 11.4. The van der Waals surface area contributed by atoms with Crippen LogP contribution in [0, 0.1) is 19.8 Å². The van der Waals surface area contributed by atoms with Crippen LogP contribution >= 0.6 is 0 Å². The molecule has 0 aromatic heterocycles. The summed E-state index contributed by atoms with van der Waals surface area (Å²) >= 11 is 0. The fourth-order valence-electron chi connectivity index (χ4n) is 3.07. The standard InChI is InChI=1S/C16H25N/c1-12-7-8-13(2)15(9-12)10-14-5-4-6-16(11-14)17-3/h7-9,14,16-17H,4-6,10-11H2,1-3H3. The second-order valence-electron chi connectivity index (χ2n) is 5.65. The van der Waals surface area contributed by atoms with Crippen molar-refractivity contribution in [3.05, 3.63) is 34.9 Å². The Kier molecular flexibility index (Phi) is 4.22. The Morgan fingerprint density at radius 1 is 1.24 bits per heavy atom. The Labute approximate surface area is 106 Å². The minimum Gasteiger partial charge on any atom is -0.317 e. The normalized spacial score (nSPS) is 24.9. The van der Waals surface area contributed by atoms with Gasteiger partial charge in [0.15, 0.2) is 0 Å². The summed E-state index contributed by atoms with van der Waals surface area (Å²) in [5.74, 6) is 0.877. The molecule has 1 nitrogen and oxygen atoms in total. The van der Waals surface area contributed by atoms with E-state index in [1.54, 1.807) is 5.56 Å². The Bertz CT molecular complexity index is 370. The van der Waals surface area contributed by atoms with Gasteiger partial charge in [-0.05, 0) is 57.2 Å². The largest absolute Gasteiger partial charge is 0.317 e. The highest BCUT2D eigenvalue weighted by Gasteiger charge is 2.21. The molecular weight excluding hydrogens is 206 g/mol.